The molecule has 0 unspecified atom stereocenters. The maximum atomic E-state index is 14.5. The predicted octanol–water partition coefficient (Wildman–Crippen LogP) is 5.89. The molecule has 0 N–H and O–H groups in total. The number of halogens is 2. The normalized spacial score (nSPS) is 31.8. The molecule has 1 aromatic carbocycles. The van der Waals surface area contributed by atoms with Crippen LogP contribution in [0.3, 0.4) is 0 Å². The van der Waals surface area contributed by atoms with Gasteiger partial charge in [0.1, 0.15) is 17.2 Å². The van der Waals surface area contributed by atoms with Crippen LogP contribution >= 0.6 is 11.6 Å². The quantitative estimate of drug-likeness (QED) is 0.597. The van der Waals surface area contributed by atoms with Crippen molar-refractivity contribution in [3.8, 4) is 5.75 Å². The second-order valence-electron chi connectivity index (χ2n) is 9.67. The highest BCUT2D eigenvalue weighted by atomic mass is 35.5. The number of hydrogen-bond acceptors (Lipinski definition) is 3. The van der Waals surface area contributed by atoms with Gasteiger partial charge >= 0.3 is 5.97 Å². The van der Waals surface area contributed by atoms with Gasteiger partial charge in [0.25, 0.3) is 0 Å². The number of rotatable bonds is 4. The molecule has 4 saturated carbocycles. The van der Waals surface area contributed by atoms with Crippen molar-refractivity contribution < 1.29 is 18.7 Å². The summed E-state index contributed by atoms with van der Waals surface area (Å²) in [7, 11) is 0. The molecule has 0 amide bonds. The molecule has 27 heavy (non-hydrogen) atoms. The van der Waals surface area contributed by atoms with E-state index in [1.165, 1.54) is 44.2 Å². The minimum absolute atomic E-state index is 0.156. The summed E-state index contributed by atoms with van der Waals surface area (Å²) in [6, 6.07) is 2.54. The first-order chi connectivity index (χ1) is 12.7. The van der Waals surface area contributed by atoms with Crippen molar-refractivity contribution in [1.29, 1.82) is 0 Å². The summed E-state index contributed by atoms with van der Waals surface area (Å²) in [4.78, 5) is 12.2. The van der Waals surface area contributed by atoms with Gasteiger partial charge in [0, 0.05) is 6.07 Å². The summed E-state index contributed by atoms with van der Waals surface area (Å²) in [5, 5.41) is 0.251. The van der Waals surface area contributed by atoms with Crippen LogP contribution in [0.1, 0.15) is 63.2 Å². The predicted molar refractivity (Wildman–Crippen MR) is 103 cm³/mol. The van der Waals surface area contributed by atoms with Crippen LogP contribution in [0, 0.1) is 35.4 Å². The fourth-order valence-corrected chi connectivity index (χ4v) is 5.84. The molecular weight excluding hydrogens is 367 g/mol. The van der Waals surface area contributed by atoms with Crippen molar-refractivity contribution in [3.05, 3.63) is 28.5 Å². The van der Waals surface area contributed by atoms with Gasteiger partial charge in [-0.2, -0.15) is 0 Å². The van der Waals surface area contributed by atoms with Gasteiger partial charge in [-0.05, 0) is 88.5 Å². The van der Waals surface area contributed by atoms with Crippen LogP contribution in [0.2, 0.25) is 5.02 Å². The Kier molecular flexibility index (Phi) is 4.90. The molecule has 0 spiro atoms. The van der Waals surface area contributed by atoms with E-state index in [1.807, 2.05) is 0 Å². The van der Waals surface area contributed by atoms with Crippen molar-refractivity contribution in [2.75, 3.05) is 6.61 Å². The number of benzene rings is 1. The molecule has 0 heterocycles. The molecule has 4 fully saturated rings. The molecule has 0 saturated heterocycles. The fraction of sp³-hybridized carbons (Fsp3) is 0.682. The SMILES string of the molecule is CC(C)(C)OC(=O)c1cc(Cl)c(OCC2C3CC4CC(C3)CC2C4)cc1F. The van der Waals surface area contributed by atoms with E-state index in [2.05, 4.69) is 0 Å². The van der Waals surface area contributed by atoms with Gasteiger partial charge < -0.3 is 9.47 Å². The van der Waals surface area contributed by atoms with Gasteiger partial charge in [0.2, 0.25) is 0 Å². The molecule has 0 aromatic heterocycles. The van der Waals surface area contributed by atoms with Crippen molar-refractivity contribution in [2.45, 2.75) is 58.5 Å². The zero-order valence-corrected chi connectivity index (χ0v) is 17.0. The molecule has 4 bridgehead atoms. The third-order valence-corrected chi connectivity index (χ3v) is 6.79. The van der Waals surface area contributed by atoms with Gasteiger partial charge in [-0.25, -0.2) is 9.18 Å². The Labute approximate surface area is 165 Å². The zero-order chi connectivity index (χ0) is 19.3. The maximum Gasteiger partial charge on any atom is 0.341 e. The molecule has 3 nitrogen and oxygen atoms in total. The van der Waals surface area contributed by atoms with E-state index in [0.29, 0.717) is 18.3 Å². The number of carbonyl (C=O) groups is 1. The lowest BCUT2D eigenvalue weighted by molar-refractivity contribution is -0.0529. The van der Waals surface area contributed by atoms with Crippen LogP contribution in [-0.2, 0) is 4.74 Å². The van der Waals surface area contributed by atoms with Crippen LogP contribution in [0.5, 0.6) is 5.75 Å². The summed E-state index contributed by atoms with van der Waals surface area (Å²) >= 11 is 6.29. The van der Waals surface area contributed by atoms with E-state index >= 15 is 0 Å². The smallest absolute Gasteiger partial charge is 0.341 e. The van der Waals surface area contributed by atoms with Crippen LogP contribution in [0.25, 0.3) is 0 Å². The lowest BCUT2D eigenvalue weighted by atomic mass is 9.52. The van der Waals surface area contributed by atoms with E-state index < -0.39 is 17.4 Å². The zero-order valence-electron chi connectivity index (χ0n) is 16.3. The van der Waals surface area contributed by atoms with Crippen LogP contribution in [0.4, 0.5) is 4.39 Å². The number of carbonyl (C=O) groups excluding carboxylic acids is 1. The number of ether oxygens (including phenoxy) is 2. The van der Waals surface area contributed by atoms with Gasteiger partial charge in [-0.1, -0.05) is 11.6 Å². The van der Waals surface area contributed by atoms with Crippen LogP contribution in [0.15, 0.2) is 12.1 Å². The van der Waals surface area contributed by atoms with Crippen LogP contribution < -0.4 is 4.74 Å². The third-order valence-electron chi connectivity index (χ3n) is 6.49. The first kappa shape index (κ1) is 19.0. The topological polar surface area (TPSA) is 35.5 Å². The van der Waals surface area contributed by atoms with Crippen molar-refractivity contribution in [2.24, 2.45) is 29.6 Å². The highest BCUT2D eigenvalue weighted by Gasteiger charge is 2.48. The summed E-state index contributed by atoms with van der Waals surface area (Å²) in [6.07, 6.45) is 6.70. The summed E-state index contributed by atoms with van der Waals surface area (Å²) in [5.41, 5.74) is -0.845. The third kappa shape index (κ3) is 3.96. The van der Waals surface area contributed by atoms with Crippen molar-refractivity contribution >= 4 is 17.6 Å². The highest BCUT2D eigenvalue weighted by Crippen LogP contribution is 2.56. The van der Waals surface area contributed by atoms with Crippen molar-refractivity contribution in [3.63, 3.8) is 0 Å². The molecule has 5 heteroatoms. The lowest BCUT2D eigenvalue weighted by Crippen LogP contribution is -2.47. The summed E-state index contributed by atoms with van der Waals surface area (Å²) < 4.78 is 25.7. The Morgan fingerprint density at radius 2 is 1.70 bits per heavy atom. The van der Waals surface area contributed by atoms with E-state index in [4.69, 9.17) is 21.1 Å². The molecule has 0 aliphatic heterocycles. The molecule has 1 aromatic rings. The first-order valence-corrected chi connectivity index (χ1v) is 10.4. The molecule has 0 atom stereocenters. The standard InChI is InChI=1S/C22H28ClFO3/c1-22(2,3)27-21(25)16-9-18(23)20(10-19(16)24)26-11-17-14-5-12-4-13(7-14)8-15(17)6-12/h9-10,12-15,17H,4-8,11H2,1-3H3. The van der Waals surface area contributed by atoms with Crippen molar-refractivity contribution in [1.82, 2.24) is 0 Å². The van der Waals surface area contributed by atoms with Gasteiger partial charge in [0.05, 0.1) is 17.2 Å². The van der Waals surface area contributed by atoms with Crippen LogP contribution in [-0.4, -0.2) is 18.2 Å². The Morgan fingerprint density at radius 3 is 2.26 bits per heavy atom. The average Bonchev–Trinajstić information content (AvgIpc) is 2.54. The monoisotopic (exact) mass is 394 g/mol. The summed E-state index contributed by atoms with van der Waals surface area (Å²) in [6.45, 7) is 5.81. The molecule has 148 valence electrons. The Bertz CT molecular complexity index is 712. The minimum atomic E-state index is -0.713. The van der Waals surface area contributed by atoms with E-state index in [1.54, 1.807) is 20.8 Å². The maximum absolute atomic E-state index is 14.5. The second kappa shape index (κ2) is 6.95. The summed E-state index contributed by atoms with van der Waals surface area (Å²) in [5.74, 6) is 2.80. The molecule has 5 rings (SSSR count). The van der Waals surface area contributed by atoms with Gasteiger partial charge in [0.15, 0.2) is 0 Å². The molecular formula is C22H28ClFO3. The lowest BCUT2D eigenvalue weighted by Gasteiger charge is -2.54. The van der Waals surface area contributed by atoms with E-state index in [0.717, 1.165) is 23.7 Å². The first-order valence-electron chi connectivity index (χ1n) is 10.0. The minimum Gasteiger partial charge on any atom is -0.492 e. The molecule has 4 aliphatic rings. The van der Waals surface area contributed by atoms with Gasteiger partial charge in [-0.15, -0.1) is 0 Å². The number of hydrogen-bond donors (Lipinski definition) is 0. The molecule has 4 aliphatic carbocycles. The molecule has 0 radical (unpaired) electrons. The largest absolute Gasteiger partial charge is 0.492 e. The van der Waals surface area contributed by atoms with E-state index in [-0.39, 0.29) is 10.6 Å². The Balaban J connectivity index is 1.44. The fourth-order valence-electron chi connectivity index (χ4n) is 5.62. The number of esters is 1. The second-order valence-corrected chi connectivity index (χ2v) is 10.1. The average molecular weight is 395 g/mol. The Morgan fingerprint density at radius 1 is 1.11 bits per heavy atom. The van der Waals surface area contributed by atoms with E-state index in [9.17, 15) is 9.18 Å². The van der Waals surface area contributed by atoms with Gasteiger partial charge in [-0.3, -0.25) is 0 Å². The highest BCUT2D eigenvalue weighted by molar-refractivity contribution is 6.32. The Hall–Kier alpha value is -1.29.